The second-order valence-electron chi connectivity index (χ2n) is 5.56. The van der Waals surface area contributed by atoms with Crippen molar-refractivity contribution in [2.45, 2.75) is 44.1 Å². The molecule has 0 saturated heterocycles. The van der Waals surface area contributed by atoms with E-state index < -0.39 is 5.60 Å². The van der Waals surface area contributed by atoms with Gasteiger partial charge in [-0.3, -0.25) is 0 Å². The SMILES string of the molecule is Nc1nc(NCC2(O)CCCCCC2)c2ccsc2n1. The van der Waals surface area contributed by atoms with Crippen molar-refractivity contribution >= 4 is 33.3 Å². The van der Waals surface area contributed by atoms with Crippen molar-refractivity contribution in [1.82, 2.24) is 9.97 Å². The Labute approximate surface area is 122 Å². The highest BCUT2D eigenvalue weighted by Crippen LogP contribution is 2.29. The molecule has 1 aliphatic rings. The van der Waals surface area contributed by atoms with E-state index in [1.165, 1.54) is 12.8 Å². The average Bonchev–Trinajstić information content (AvgIpc) is 2.78. The molecule has 0 spiro atoms. The summed E-state index contributed by atoms with van der Waals surface area (Å²) in [5, 5.41) is 16.9. The molecule has 2 aromatic rings. The average molecular weight is 292 g/mol. The molecular weight excluding hydrogens is 272 g/mol. The van der Waals surface area contributed by atoms with Crippen LogP contribution in [0.5, 0.6) is 0 Å². The van der Waals surface area contributed by atoms with E-state index in [2.05, 4.69) is 15.3 Å². The highest BCUT2D eigenvalue weighted by molar-refractivity contribution is 7.16. The van der Waals surface area contributed by atoms with Crippen LogP contribution >= 0.6 is 11.3 Å². The Balaban J connectivity index is 1.77. The lowest BCUT2D eigenvalue weighted by molar-refractivity contribution is 0.0381. The highest BCUT2D eigenvalue weighted by atomic mass is 32.1. The Morgan fingerprint density at radius 2 is 2.00 bits per heavy atom. The van der Waals surface area contributed by atoms with Crippen molar-refractivity contribution in [3.8, 4) is 0 Å². The van der Waals surface area contributed by atoms with Crippen molar-refractivity contribution in [3.05, 3.63) is 11.4 Å². The minimum atomic E-state index is -0.626. The second-order valence-corrected chi connectivity index (χ2v) is 6.46. The number of nitrogens with two attached hydrogens (primary N) is 1. The van der Waals surface area contributed by atoms with Crippen LogP contribution in [-0.2, 0) is 0 Å². The van der Waals surface area contributed by atoms with Gasteiger partial charge >= 0.3 is 0 Å². The molecule has 0 amide bonds. The van der Waals surface area contributed by atoms with Crippen LogP contribution in [0.3, 0.4) is 0 Å². The number of hydrogen-bond acceptors (Lipinski definition) is 6. The Morgan fingerprint density at radius 3 is 2.75 bits per heavy atom. The van der Waals surface area contributed by atoms with E-state index in [4.69, 9.17) is 5.73 Å². The van der Waals surface area contributed by atoms with Crippen LogP contribution in [-0.4, -0.2) is 27.2 Å². The first-order valence-corrected chi connectivity index (χ1v) is 8.01. The monoisotopic (exact) mass is 292 g/mol. The minimum absolute atomic E-state index is 0.273. The molecule has 3 rings (SSSR count). The number of thiophene rings is 1. The molecule has 4 N–H and O–H groups in total. The summed E-state index contributed by atoms with van der Waals surface area (Å²) in [5.41, 5.74) is 5.11. The summed E-state index contributed by atoms with van der Waals surface area (Å²) in [6, 6.07) is 1.99. The molecule has 0 atom stereocenters. The number of nitrogens with one attached hydrogen (secondary N) is 1. The molecule has 1 saturated carbocycles. The van der Waals surface area contributed by atoms with E-state index in [9.17, 15) is 5.11 Å². The van der Waals surface area contributed by atoms with Gasteiger partial charge in [0.2, 0.25) is 5.95 Å². The molecule has 2 aromatic heterocycles. The maximum absolute atomic E-state index is 10.7. The van der Waals surface area contributed by atoms with E-state index in [1.807, 2.05) is 11.4 Å². The van der Waals surface area contributed by atoms with Crippen molar-refractivity contribution in [1.29, 1.82) is 0 Å². The van der Waals surface area contributed by atoms with Crippen molar-refractivity contribution in [2.24, 2.45) is 0 Å². The van der Waals surface area contributed by atoms with Crippen molar-refractivity contribution in [2.75, 3.05) is 17.6 Å². The van der Waals surface area contributed by atoms with Gasteiger partial charge in [0.25, 0.3) is 0 Å². The van der Waals surface area contributed by atoms with Gasteiger partial charge in [-0.2, -0.15) is 4.98 Å². The zero-order valence-electron chi connectivity index (χ0n) is 11.4. The smallest absolute Gasteiger partial charge is 0.223 e. The summed E-state index contributed by atoms with van der Waals surface area (Å²) >= 11 is 1.55. The molecule has 5 nitrogen and oxygen atoms in total. The first-order chi connectivity index (χ1) is 9.66. The Kier molecular flexibility index (Phi) is 3.76. The third-order valence-electron chi connectivity index (χ3n) is 3.96. The summed E-state index contributed by atoms with van der Waals surface area (Å²) in [4.78, 5) is 9.35. The fourth-order valence-electron chi connectivity index (χ4n) is 2.82. The van der Waals surface area contributed by atoms with Gasteiger partial charge < -0.3 is 16.2 Å². The molecule has 20 heavy (non-hydrogen) atoms. The molecular formula is C14H20N4OS. The summed E-state index contributed by atoms with van der Waals surface area (Å²) in [7, 11) is 0. The fraction of sp³-hybridized carbons (Fsp3) is 0.571. The first kappa shape index (κ1) is 13.6. The minimum Gasteiger partial charge on any atom is -0.388 e. The van der Waals surface area contributed by atoms with Crippen LogP contribution < -0.4 is 11.1 Å². The zero-order valence-corrected chi connectivity index (χ0v) is 12.2. The van der Waals surface area contributed by atoms with E-state index in [0.717, 1.165) is 41.7 Å². The molecule has 108 valence electrons. The normalized spacial score (nSPS) is 18.9. The van der Waals surface area contributed by atoms with Gasteiger partial charge in [0.15, 0.2) is 0 Å². The lowest BCUT2D eigenvalue weighted by Gasteiger charge is -2.27. The number of aromatic nitrogens is 2. The molecule has 0 aliphatic heterocycles. The van der Waals surface area contributed by atoms with Crippen LogP contribution in [0, 0.1) is 0 Å². The van der Waals surface area contributed by atoms with Crippen LogP contribution in [0.25, 0.3) is 10.2 Å². The number of rotatable bonds is 3. The number of nitrogens with zero attached hydrogens (tertiary/aromatic N) is 2. The number of hydrogen-bond donors (Lipinski definition) is 3. The lowest BCUT2D eigenvalue weighted by Crippen LogP contribution is -2.36. The summed E-state index contributed by atoms with van der Waals surface area (Å²) in [5.74, 6) is 1.00. The number of anilines is 2. The molecule has 2 heterocycles. The first-order valence-electron chi connectivity index (χ1n) is 7.13. The maximum Gasteiger partial charge on any atom is 0.223 e. The molecule has 1 fully saturated rings. The van der Waals surface area contributed by atoms with Crippen LogP contribution in [0.15, 0.2) is 11.4 Å². The summed E-state index contributed by atoms with van der Waals surface area (Å²) in [6.07, 6.45) is 6.34. The van der Waals surface area contributed by atoms with E-state index in [0.29, 0.717) is 6.54 Å². The molecule has 6 heteroatoms. The van der Waals surface area contributed by atoms with Crippen molar-refractivity contribution < 1.29 is 5.11 Å². The quantitative estimate of drug-likeness (QED) is 0.758. The van der Waals surface area contributed by atoms with E-state index >= 15 is 0 Å². The van der Waals surface area contributed by atoms with Gasteiger partial charge in [-0.25, -0.2) is 4.98 Å². The molecule has 0 unspecified atom stereocenters. The number of fused-ring (bicyclic) bond motifs is 1. The lowest BCUT2D eigenvalue weighted by atomic mass is 9.94. The Bertz CT molecular complexity index is 590. The third kappa shape index (κ3) is 2.86. The molecule has 0 aromatic carbocycles. The van der Waals surface area contributed by atoms with Gasteiger partial charge in [-0.05, 0) is 24.3 Å². The van der Waals surface area contributed by atoms with Gasteiger partial charge in [-0.1, -0.05) is 25.7 Å². The van der Waals surface area contributed by atoms with E-state index in [-0.39, 0.29) is 5.95 Å². The standard InChI is InChI=1S/C14H20N4OS/c15-13-17-11(10-5-8-20-12(10)18-13)16-9-14(19)6-3-1-2-4-7-14/h5,8,19H,1-4,6-7,9H2,(H3,15,16,17,18). The van der Waals surface area contributed by atoms with Crippen LogP contribution in [0.4, 0.5) is 11.8 Å². The van der Waals surface area contributed by atoms with Crippen molar-refractivity contribution in [3.63, 3.8) is 0 Å². The Morgan fingerprint density at radius 1 is 1.25 bits per heavy atom. The predicted molar refractivity (Wildman–Crippen MR) is 83.0 cm³/mol. The predicted octanol–water partition coefficient (Wildman–Crippen LogP) is 2.77. The van der Waals surface area contributed by atoms with Gasteiger partial charge in [0, 0.05) is 6.54 Å². The topological polar surface area (TPSA) is 84.1 Å². The molecule has 1 aliphatic carbocycles. The maximum atomic E-state index is 10.7. The van der Waals surface area contributed by atoms with Crippen LogP contribution in [0.2, 0.25) is 0 Å². The number of nitrogen functional groups attached to an aromatic ring is 1. The van der Waals surface area contributed by atoms with Crippen LogP contribution in [0.1, 0.15) is 38.5 Å². The van der Waals surface area contributed by atoms with Gasteiger partial charge in [0.1, 0.15) is 10.6 Å². The van der Waals surface area contributed by atoms with Gasteiger partial charge in [-0.15, -0.1) is 11.3 Å². The molecule has 0 bridgehead atoms. The van der Waals surface area contributed by atoms with E-state index in [1.54, 1.807) is 11.3 Å². The largest absolute Gasteiger partial charge is 0.388 e. The highest BCUT2D eigenvalue weighted by Gasteiger charge is 2.28. The molecule has 0 radical (unpaired) electrons. The second kappa shape index (κ2) is 5.54. The zero-order chi connectivity index (χ0) is 14.0. The fourth-order valence-corrected chi connectivity index (χ4v) is 3.59. The van der Waals surface area contributed by atoms with Gasteiger partial charge in [0.05, 0.1) is 11.0 Å². The Hall–Kier alpha value is -1.40. The number of aliphatic hydroxyl groups is 1. The summed E-state index contributed by atoms with van der Waals surface area (Å²) in [6.45, 7) is 0.522. The summed E-state index contributed by atoms with van der Waals surface area (Å²) < 4.78 is 0. The third-order valence-corrected chi connectivity index (χ3v) is 4.77.